The van der Waals surface area contributed by atoms with E-state index in [2.05, 4.69) is 30.4 Å². The zero-order valence-electron chi connectivity index (χ0n) is 10.2. The molecule has 1 aliphatic rings. The van der Waals surface area contributed by atoms with Crippen LogP contribution in [0, 0.1) is 6.92 Å². The summed E-state index contributed by atoms with van der Waals surface area (Å²) >= 11 is 0. The Balaban J connectivity index is 2.05. The SMILES string of the molecule is CNC1CCCCC1Oc1ccccc1C. The van der Waals surface area contributed by atoms with E-state index >= 15 is 0 Å². The molecule has 0 bridgehead atoms. The molecule has 2 rings (SSSR count). The number of hydrogen-bond donors (Lipinski definition) is 1. The van der Waals surface area contributed by atoms with Crippen molar-refractivity contribution in [2.45, 2.75) is 44.8 Å². The number of benzene rings is 1. The average molecular weight is 219 g/mol. The summed E-state index contributed by atoms with van der Waals surface area (Å²) in [5, 5.41) is 3.37. The number of ether oxygens (including phenoxy) is 1. The van der Waals surface area contributed by atoms with Gasteiger partial charge in [0.1, 0.15) is 11.9 Å². The highest BCUT2D eigenvalue weighted by molar-refractivity contribution is 5.32. The van der Waals surface area contributed by atoms with E-state index in [0.29, 0.717) is 12.1 Å². The summed E-state index contributed by atoms with van der Waals surface area (Å²) in [6.07, 6.45) is 5.33. The summed E-state index contributed by atoms with van der Waals surface area (Å²) < 4.78 is 6.13. The van der Waals surface area contributed by atoms with Crippen molar-refractivity contribution in [3.8, 4) is 5.75 Å². The minimum atomic E-state index is 0.333. The van der Waals surface area contributed by atoms with Crippen LogP contribution in [-0.4, -0.2) is 19.2 Å². The molecule has 1 aromatic rings. The third kappa shape index (κ3) is 2.56. The summed E-state index contributed by atoms with van der Waals surface area (Å²) in [5.74, 6) is 1.04. The van der Waals surface area contributed by atoms with E-state index in [1.165, 1.54) is 31.2 Å². The predicted molar refractivity (Wildman–Crippen MR) is 66.9 cm³/mol. The molecular formula is C14H21NO. The molecule has 1 fully saturated rings. The summed E-state index contributed by atoms with van der Waals surface area (Å²) in [4.78, 5) is 0. The first kappa shape index (κ1) is 11.5. The van der Waals surface area contributed by atoms with Crippen molar-refractivity contribution in [1.29, 1.82) is 0 Å². The second kappa shape index (κ2) is 5.35. The fourth-order valence-corrected chi connectivity index (χ4v) is 2.42. The van der Waals surface area contributed by atoms with Gasteiger partial charge in [-0.15, -0.1) is 0 Å². The lowest BCUT2D eigenvalue weighted by molar-refractivity contribution is 0.117. The van der Waals surface area contributed by atoms with Crippen molar-refractivity contribution in [3.05, 3.63) is 29.8 Å². The quantitative estimate of drug-likeness (QED) is 0.844. The van der Waals surface area contributed by atoms with Gasteiger partial charge in [-0.1, -0.05) is 24.6 Å². The van der Waals surface area contributed by atoms with Crippen LogP contribution in [0.5, 0.6) is 5.75 Å². The van der Waals surface area contributed by atoms with Crippen molar-refractivity contribution in [2.75, 3.05) is 7.05 Å². The molecule has 0 radical (unpaired) electrons. The first-order valence-electron chi connectivity index (χ1n) is 6.21. The second-order valence-corrected chi connectivity index (χ2v) is 4.60. The van der Waals surface area contributed by atoms with E-state index in [-0.39, 0.29) is 0 Å². The van der Waals surface area contributed by atoms with E-state index in [4.69, 9.17) is 4.74 Å². The highest BCUT2D eigenvalue weighted by Crippen LogP contribution is 2.25. The van der Waals surface area contributed by atoms with E-state index in [1.54, 1.807) is 0 Å². The molecule has 0 heterocycles. The third-order valence-corrected chi connectivity index (χ3v) is 3.45. The van der Waals surface area contributed by atoms with Crippen molar-refractivity contribution in [1.82, 2.24) is 5.32 Å². The highest BCUT2D eigenvalue weighted by Gasteiger charge is 2.25. The lowest BCUT2D eigenvalue weighted by Gasteiger charge is -2.32. The van der Waals surface area contributed by atoms with Gasteiger partial charge in [0.05, 0.1) is 0 Å². The van der Waals surface area contributed by atoms with Gasteiger partial charge in [-0.25, -0.2) is 0 Å². The van der Waals surface area contributed by atoms with Gasteiger partial charge >= 0.3 is 0 Å². The molecule has 0 spiro atoms. The molecule has 0 aliphatic heterocycles. The largest absolute Gasteiger partial charge is 0.489 e. The molecule has 2 atom stereocenters. The van der Waals surface area contributed by atoms with Crippen molar-refractivity contribution >= 4 is 0 Å². The lowest BCUT2D eigenvalue weighted by Crippen LogP contribution is -2.43. The third-order valence-electron chi connectivity index (χ3n) is 3.45. The Kier molecular flexibility index (Phi) is 3.83. The van der Waals surface area contributed by atoms with Gasteiger partial charge in [-0.05, 0) is 44.9 Å². The van der Waals surface area contributed by atoms with Crippen LogP contribution < -0.4 is 10.1 Å². The van der Waals surface area contributed by atoms with Crippen molar-refractivity contribution in [2.24, 2.45) is 0 Å². The summed E-state index contributed by atoms with van der Waals surface area (Å²) in [5.41, 5.74) is 1.22. The zero-order chi connectivity index (χ0) is 11.4. The normalized spacial score (nSPS) is 25.4. The minimum absolute atomic E-state index is 0.333. The monoisotopic (exact) mass is 219 g/mol. The molecule has 2 unspecified atom stereocenters. The first-order chi connectivity index (χ1) is 7.81. The zero-order valence-corrected chi connectivity index (χ0v) is 10.2. The van der Waals surface area contributed by atoms with Crippen LogP contribution in [0.15, 0.2) is 24.3 Å². The number of hydrogen-bond acceptors (Lipinski definition) is 2. The smallest absolute Gasteiger partial charge is 0.122 e. The van der Waals surface area contributed by atoms with Crippen LogP contribution in [0.2, 0.25) is 0 Å². The molecular weight excluding hydrogens is 198 g/mol. The van der Waals surface area contributed by atoms with Gasteiger partial charge in [-0.2, -0.15) is 0 Å². The second-order valence-electron chi connectivity index (χ2n) is 4.60. The van der Waals surface area contributed by atoms with Crippen LogP contribution in [0.1, 0.15) is 31.2 Å². The lowest BCUT2D eigenvalue weighted by atomic mass is 9.92. The Morgan fingerprint density at radius 3 is 2.69 bits per heavy atom. The maximum Gasteiger partial charge on any atom is 0.122 e. The molecule has 0 amide bonds. The van der Waals surface area contributed by atoms with Crippen LogP contribution in [0.4, 0.5) is 0 Å². The van der Waals surface area contributed by atoms with Crippen LogP contribution in [-0.2, 0) is 0 Å². The van der Waals surface area contributed by atoms with Gasteiger partial charge < -0.3 is 10.1 Å². The summed E-state index contributed by atoms with van der Waals surface area (Å²) in [6.45, 7) is 2.10. The standard InChI is InChI=1S/C14H21NO/c1-11-7-3-5-9-13(11)16-14-10-6-4-8-12(14)15-2/h3,5,7,9,12,14-15H,4,6,8,10H2,1-2H3. The molecule has 0 saturated heterocycles. The van der Waals surface area contributed by atoms with Crippen molar-refractivity contribution < 1.29 is 4.74 Å². The molecule has 1 aliphatic carbocycles. The predicted octanol–water partition coefficient (Wildman–Crippen LogP) is 2.90. The number of para-hydroxylation sites is 1. The van der Waals surface area contributed by atoms with E-state index < -0.39 is 0 Å². The fraction of sp³-hybridized carbons (Fsp3) is 0.571. The topological polar surface area (TPSA) is 21.3 Å². The van der Waals surface area contributed by atoms with Crippen molar-refractivity contribution in [3.63, 3.8) is 0 Å². The van der Waals surface area contributed by atoms with E-state index in [1.807, 2.05) is 13.1 Å². The average Bonchev–Trinajstić information content (AvgIpc) is 2.33. The Hall–Kier alpha value is -1.02. The Morgan fingerprint density at radius 2 is 1.94 bits per heavy atom. The van der Waals surface area contributed by atoms with Gasteiger partial charge in [0, 0.05) is 6.04 Å². The molecule has 1 saturated carbocycles. The number of rotatable bonds is 3. The van der Waals surface area contributed by atoms with E-state index in [0.717, 1.165) is 5.75 Å². The summed E-state index contributed by atoms with van der Waals surface area (Å²) in [7, 11) is 2.03. The Labute approximate surface area is 98.0 Å². The fourth-order valence-electron chi connectivity index (χ4n) is 2.42. The molecule has 1 aromatic carbocycles. The molecule has 1 N–H and O–H groups in total. The number of likely N-dealkylation sites (N-methyl/N-ethyl adjacent to an activating group) is 1. The molecule has 0 aromatic heterocycles. The maximum absolute atomic E-state index is 6.13. The Bertz CT molecular complexity index is 337. The molecule has 16 heavy (non-hydrogen) atoms. The Morgan fingerprint density at radius 1 is 1.19 bits per heavy atom. The maximum atomic E-state index is 6.13. The highest BCUT2D eigenvalue weighted by atomic mass is 16.5. The first-order valence-corrected chi connectivity index (χ1v) is 6.21. The van der Waals surface area contributed by atoms with Gasteiger partial charge in [0.25, 0.3) is 0 Å². The molecule has 2 heteroatoms. The number of nitrogens with one attached hydrogen (secondary N) is 1. The van der Waals surface area contributed by atoms with Gasteiger partial charge in [0.2, 0.25) is 0 Å². The minimum Gasteiger partial charge on any atom is -0.489 e. The van der Waals surface area contributed by atoms with Crippen LogP contribution in [0.3, 0.4) is 0 Å². The van der Waals surface area contributed by atoms with Gasteiger partial charge in [-0.3, -0.25) is 0 Å². The molecule has 2 nitrogen and oxygen atoms in total. The molecule has 88 valence electrons. The van der Waals surface area contributed by atoms with E-state index in [9.17, 15) is 0 Å². The van der Waals surface area contributed by atoms with Crippen LogP contribution in [0.25, 0.3) is 0 Å². The number of aryl methyl sites for hydroxylation is 1. The summed E-state index contributed by atoms with van der Waals surface area (Å²) in [6, 6.07) is 8.77. The van der Waals surface area contributed by atoms with Crippen LogP contribution >= 0.6 is 0 Å². The van der Waals surface area contributed by atoms with Gasteiger partial charge in [0.15, 0.2) is 0 Å².